The first-order valence-corrected chi connectivity index (χ1v) is 25.6. The third-order valence-electron chi connectivity index (χ3n) is 10.9. The standard InChI is InChI=1S/C46H92NO9P/c1-3-5-7-9-11-13-15-17-18-19-20-21-22-23-24-25-26-27-28-30-32-34-36-38-45(48)56-43(41-54-57(51,52)55-42-44(47)46(49)50)40-53-39-37-35-33-31-29-16-14-12-10-8-6-4-2/h43-44H,3-42,47H2,1-2H3,(H,49,50)(H,51,52)/t43-,44+/m1/s1. The SMILES string of the molecule is CCCCCCCCCCCCCCCCCCCCCCCCCC(=O)O[C@H](COCCCCCCCCCCCCCC)COP(=O)(O)OC[C@H](N)C(=O)O. The van der Waals surface area contributed by atoms with E-state index in [0.717, 1.165) is 38.5 Å². The molecule has 11 heteroatoms. The van der Waals surface area contributed by atoms with Crippen LogP contribution in [-0.2, 0) is 32.7 Å². The second-order valence-electron chi connectivity index (χ2n) is 16.6. The summed E-state index contributed by atoms with van der Waals surface area (Å²) in [6.45, 7) is 3.94. The summed E-state index contributed by atoms with van der Waals surface area (Å²) in [5, 5.41) is 8.90. The first-order valence-electron chi connectivity index (χ1n) is 24.1. The number of phosphoric ester groups is 1. The fourth-order valence-corrected chi connectivity index (χ4v) is 7.91. The molecule has 4 N–H and O–H groups in total. The molecule has 0 aromatic heterocycles. The molecule has 0 saturated carbocycles. The van der Waals surface area contributed by atoms with Crippen LogP contribution in [-0.4, -0.2) is 60.5 Å². The molecular weight excluding hydrogens is 741 g/mol. The van der Waals surface area contributed by atoms with Gasteiger partial charge >= 0.3 is 19.8 Å². The van der Waals surface area contributed by atoms with Crippen molar-refractivity contribution in [3.05, 3.63) is 0 Å². The van der Waals surface area contributed by atoms with E-state index in [4.69, 9.17) is 29.4 Å². The second kappa shape index (κ2) is 43.1. The van der Waals surface area contributed by atoms with Crippen molar-refractivity contribution in [3.8, 4) is 0 Å². The number of carboxylic acid groups (broad SMARTS) is 1. The van der Waals surface area contributed by atoms with Gasteiger partial charge in [-0.1, -0.05) is 226 Å². The highest BCUT2D eigenvalue weighted by atomic mass is 31.2. The summed E-state index contributed by atoms with van der Waals surface area (Å²) in [5.74, 6) is -1.76. The number of hydrogen-bond donors (Lipinski definition) is 3. The third kappa shape index (κ3) is 42.9. The van der Waals surface area contributed by atoms with Crippen molar-refractivity contribution in [1.82, 2.24) is 0 Å². The molecule has 0 bridgehead atoms. The lowest BCUT2D eigenvalue weighted by Crippen LogP contribution is -2.34. The van der Waals surface area contributed by atoms with Crippen LogP contribution in [0, 0.1) is 0 Å². The zero-order valence-electron chi connectivity index (χ0n) is 37.2. The average Bonchev–Trinajstić information content (AvgIpc) is 3.19. The van der Waals surface area contributed by atoms with E-state index in [2.05, 4.69) is 13.8 Å². The number of unbranched alkanes of at least 4 members (excludes halogenated alkanes) is 33. The Balaban J connectivity index is 4.04. The molecule has 340 valence electrons. The maximum atomic E-state index is 12.7. The Morgan fingerprint density at radius 2 is 0.807 bits per heavy atom. The molecule has 0 aromatic rings. The summed E-state index contributed by atoms with van der Waals surface area (Å²) in [6.07, 6.45) is 44.5. The number of phosphoric acid groups is 1. The summed E-state index contributed by atoms with van der Waals surface area (Å²) in [4.78, 5) is 33.6. The van der Waals surface area contributed by atoms with Crippen LogP contribution in [0.1, 0.15) is 245 Å². The normalized spacial score (nSPS) is 13.8. The van der Waals surface area contributed by atoms with Gasteiger partial charge < -0.3 is 25.2 Å². The quantitative estimate of drug-likeness (QED) is 0.0306. The summed E-state index contributed by atoms with van der Waals surface area (Å²) in [5.41, 5.74) is 5.36. The number of carboxylic acids is 1. The third-order valence-corrected chi connectivity index (χ3v) is 11.8. The molecule has 0 amide bonds. The molecule has 0 radical (unpaired) electrons. The van der Waals surface area contributed by atoms with Gasteiger partial charge in [-0.3, -0.25) is 18.6 Å². The summed E-state index contributed by atoms with van der Waals surface area (Å²) in [6, 6.07) is -1.47. The molecule has 0 aliphatic rings. The zero-order chi connectivity index (χ0) is 41.9. The topological polar surface area (TPSA) is 155 Å². The Hall–Kier alpha value is -1.03. The zero-order valence-corrected chi connectivity index (χ0v) is 38.1. The lowest BCUT2D eigenvalue weighted by atomic mass is 10.0. The average molecular weight is 834 g/mol. The van der Waals surface area contributed by atoms with E-state index in [1.807, 2.05) is 0 Å². The number of aliphatic carboxylic acids is 1. The van der Waals surface area contributed by atoms with Crippen molar-refractivity contribution in [2.45, 2.75) is 257 Å². The van der Waals surface area contributed by atoms with Gasteiger partial charge in [-0.25, -0.2) is 4.57 Å². The predicted molar refractivity (Wildman–Crippen MR) is 236 cm³/mol. The number of ether oxygens (including phenoxy) is 2. The molecule has 0 aliphatic heterocycles. The van der Waals surface area contributed by atoms with Crippen molar-refractivity contribution >= 4 is 19.8 Å². The minimum Gasteiger partial charge on any atom is -0.480 e. The molecule has 0 spiro atoms. The summed E-state index contributed by atoms with van der Waals surface area (Å²) < 4.78 is 33.4. The van der Waals surface area contributed by atoms with E-state index < -0.39 is 45.1 Å². The number of nitrogens with two attached hydrogens (primary N) is 1. The van der Waals surface area contributed by atoms with Crippen LogP contribution in [0.3, 0.4) is 0 Å². The molecule has 0 fully saturated rings. The van der Waals surface area contributed by atoms with E-state index in [0.29, 0.717) is 6.61 Å². The highest BCUT2D eigenvalue weighted by molar-refractivity contribution is 7.47. The minimum absolute atomic E-state index is 0.0256. The number of carbonyl (C=O) groups is 2. The van der Waals surface area contributed by atoms with Crippen molar-refractivity contribution in [2.24, 2.45) is 5.73 Å². The predicted octanol–water partition coefficient (Wildman–Crippen LogP) is 13.5. The molecular formula is C46H92NO9P. The Morgan fingerprint density at radius 1 is 0.491 bits per heavy atom. The van der Waals surface area contributed by atoms with Gasteiger partial charge in [0.15, 0.2) is 0 Å². The van der Waals surface area contributed by atoms with Crippen molar-refractivity contribution in [3.63, 3.8) is 0 Å². The highest BCUT2D eigenvalue weighted by Crippen LogP contribution is 2.43. The fraction of sp³-hybridized carbons (Fsp3) is 0.957. The first kappa shape index (κ1) is 56.0. The van der Waals surface area contributed by atoms with Crippen LogP contribution in [0.5, 0.6) is 0 Å². The molecule has 0 heterocycles. The molecule has 0 aromatic carbocycles. The maximum absolute atomic E-state index is 12.7. The van der Waals surface area contributed by atoms with Gasteiger partial charge in [0.2, 0.25) is 0 Å². The number of hydrogen-bond acceptors (Lipinski definition) is 8. The van der Waals surface area contributed by atoms with Gasteiger partial charge in [-0.15, -0.1) is 0 Å². The molecule has 1 unspecified atom stereocenters. The molecule has 0 saturated heterocycles. The van der Waals surface area contributed by atoms with Crippen LogP contribution in [0.15, 0.2) is 0 Å². The second-order valence-corrected chi connectivity index (χ2v) is 18.1. The monoisotopic (exact) mass is 834 g/mol. The van der Waals surface area contributed by atoms with Crippen LogP contribution in [0.4, 0.5) is 0 Å². The molecule has 0 rings (SSSR count). The van der Waals surface area contributed by atoms with Crippen LogP contribution < -0.4 is 5.73 Å². The van der Waals surface area contributed by atoms with Crippen molar-refractivity contribution < 1.29 is 42.7 Å². The molecule has 10 nitrogen and oxygen atoms in total. The van der Waals surface area contributed by atoms with E-state index in [9.17, 15) is 19.0 Å². The van der Waals surface area contributed by atoms with Crippen molar-refractivity contribution in [1.29, 1.82) is 0 Å². The van der Waals surface area contributed by atoms with E-state index in [-0.39, 0.29) is 13.0 Å². The van der Waals surface area contributed by atoms with E-state index in [1.165, 1.54) is 186 Å². The molecule has 0 aliphatic carbocycles. The maximum Gasteiger partial charge on any atom is 0.472 e. The van der Waals surface area contributed by atoms with Gasteiger partial charge in [-0.05, 0) is 12.8 Å². The van der Waals surface area contributed by atoms with Gasteiger partial charge in [0, 0.05) is 13.0 Å². The lowest BCUT2D eigenvalue weighted by Gasteiger charge is -2.20. The van der Waals surface area contributed by atoms with Crippen LogP contribution in [0.2, 0.25) is 0 Å². The van der Waals surface area contributed by atoms with Gasteiger partial charge in [0.1, 0.15) is 12.1 Å². The van der Waals surface area contributed by atoms with Crippen molar-refractivity contribution in [2.75, 3.05) is 26.4 Å². The Morgan fingerprint density at radius 3 is 1.16 bits per heavy atom. The lowest BCUT2D eigenvalue weighted by molar-refractivity contribution is -0.154. The Labute approximate surface area is 350 Å². The number of rotatable bonds is 47. The first-order chi connectivity index (χ1) is 27.7. The van der Waals surface area contributed by atoms with Gasteiger partial charge in [-0.2, -0.15) is 0 Å². The molecule has 3 atom stereocenters. The largest absolute Gasteiger partial charge is 0.480 e. The summed E-state index contributed by atoms with van der Waals surface area (Å²) >= 11 is 0. The van der Waals surface area contributed by atoms with Gasteiger partial charge in [0.05, 0.1) is 19.8 Å². The van der Waals surface area contributed by atoms with E-state index in [1.54, 1.807) is 0 Å². The fourth-order valence-electron chi connectivity index (χ4n) is 7.14. The number of carbonyl (C=O) groups excluding carboxylic acids is 1. The van der Waals surface area contributed by atoms with Gasteiger partial charge in [0.25, 0.3) is 0 Å². The minimum atomic E-state index is -4.61. The van der Waals surface area contributed by atoms with E-state index >= 15 is 0 Å². The Bertz CT molecular complexity index is 924. The Kier molecular flexibility index (Phi) is 42.3. The number of esters is 1. The smallest absolute Gasteiger partial charge is 0.472 e. The highest BCUT2D eigenvalue weighted by Gasteiger charge is 2.27. The van der Waals surface area contributed by atoms with Crippen LogP contribution >= 0.6 is 7.82 Å². The molecule has 57 heavy (non-hydrogen) atoms. The van der Waals surface area contributed by atoms with Crippen LogP contribution in [0.25, 0.3) is 0 Å². The summed E-state index contributed by atoms with van der Waals surface area (Å²) in [7, 11) is -4.61.